The van der Waals surface area contributed by atoms with E-state index in [2.05, 4.69) is 40.1 Å². The van der Waals surface area contributed by atoms with E-state index in [0.29, 0.717) is 5.92 Å². The molecule has 0 aliphatic carbocycles. The van der Waals surface area contributed by atoms with Crippen LogP contribution in [0.15, 0.2) is 28.1 Å². The van der Waals surface area contributed by atoms with Gasteiger partial charge in [-0.3, -0.25) is 0 Å². The summed E-state index contributed by atoms with van der Waals surface area (Å²) in [5.74, 6) is 1.32. The minimum atomic E-state index is 0.474. The van der Waals surface area contributed by atoms with Crippen molar-refractivity contribution in [1.82, 2.24) is 4.98 Å². The van der Waals surface area contributed by atoms with Crippen molar-refractivity contribution in [3.63, 3.8) is 0 Å². The zero-order valence-electron chi connectivity index (χ0n) is 10.0. The monoisotopic (exact) mass is 311 g/mol. The molecule has 2 rings (SSSR count). The summed E-state index contributed by atoms with van der Waals surface area (Å²) in [6.45, 7) is 4.31. The fourth-order valence-corrected chi connectivity index (χ4v) is 3.00. The molecule has 0 aliphatic heterocycles. The second-order valence-corrected chi connectivity index (χ2v) is 5.79. The zero-order valence-corrected chi connectivity index (χ0v) is 12.4. The van der Waals surface area contributed by atoms with Crippen LogP contribution in [0.2, 0.25) is 0 Å². The lowest BCUT2D eigenvalue weighted by molar-refractivity contribution is 0.412. The van der Waals surface area contributed by atoms with E-state index in [0.717, 1.165) is 26.5 Å². The van der Waals surface area contributed by atoms with Gasteiger partial charge in [0.2, 0.25) is 0 Å². The summed E-state index contributed by atoms with van der Waals surface area (Å²) >= 11 is 5.17. The Labute approximate surface area is 114 Å². The molecule has 0 fully saturated rings. The molecule has 0 radical (unpaired) electrons. The van der Waals surface area contributed by atoms with Gasteiger partial charge in [-0.1, -0.05) is 13.8 Å². The Morgan fingerprint density at radius 3 is 2.65 bits per heavy atom. The van der Waals surface area contributed by atoms with Gasteiger partial charge >= 0.3 is 0 Å². The number of nitrogens with zero attached hydrogens (tertiary/aromatic N) is 1. The average molecular weight is 312 g/mol. The topological polar surface area (TPSA) is 22.1 Å². The van der Waals surface area contributed by atoms with Gasteiger partial charge in [-0.05, 0) is 40.0 Å². The molecule has 0 aliphatic rings. The van der Waals surface area contributed by atoms with Crippen LogP contribution in [-0.4, -0.2) is 12.1 Å². The zero-order chi connectivity index (χ0) is 12.4. The molecule has 0 bridgehead atoms. The highest BCUT2D eigenvalue weighted by Crippen LogP contribution is 2.32. The highest BCUT2D eigenvalue weighted by molar-refractivity contribution is 9.10. The number of hydrogen-bond acceptors (Lipinski definition) is 3. The van der Waals surface area contributed by atoms with E-state index in [1.807, 2.05) is 18.2 Å². The first-order valence-corrected chi connectivity index (χ1v) is 7.08. The lowest BCUT2D eigenvalue weighted by atomic mass is 10.1. The molecule has 4 heteroatoms. The molecular weight excluding hydrogens is 298 g/mol. The van der Waals surface area contributed by atoms with E-state index in [1.54, 1.807) is 18.4 Å². The van der Waals surface area contributed by atoms with Crippen LogP contribution in [0.25, 0.3) is 10.6 Å². The van der Waals surface area contributed by atoms with Gasteiger partial charge in [0.1, 0.15) is 10.8 Å². The van der Waals surface area contributed by atoms with E-state index in [9.17, 15) is 0 Å². The predicted molar refractivity (Wildman–Crippen MR) is 75.9 cm³/mol. The van der Waals surface area contributed by atoms with E-state index in [-0.39, 0.29) is 0 Å². The van der Waals surface area contributed by atoms with Gasteiger partial charge < -0.3 is 4.74 Å². The summed E-state index contributed by atoms with van der Waals surface area (Å²) in [6.07, 6.45) is 0. The Hall–Kier alpha value is -0.870. The Balaban J connectivity index is 2.36. The third-order valence-corrected chi connectivity index (χ3v) is 4.04. The summed E-state index contributed by atoms with van der Waals surface area (Å²) in [6, 6.07) is 6.03. The Morgan fingerprint density at radius 1 is 1.35 bits per heavy atom. The first-order valence-electron chi connectivity index (χ1n) is 5.41. The molecule has 1 heterocycles. The van der Waals surface area contributed by atoms with Crippen molar-refractivity contribution < 1.29 is 4.74 Å². The van der Waals surface area contributed by atoms with Crippen LogP contribution in [0.5, 0.6) is 5.75 Å². The van der Waals surface area contributed by atoms with Crippen LogP contribution in [0.4, 0.5) is 0 Å². The molecule has 2 nitrogen and oxygen atoms in total. The number of benzene rings is 1. The maximum atomic E-state index is 5.22. The Kier molecular flexibility index (Phi) is 3.84. The third-order valence-electron chi connectivity index (χ3n) is 2.51. The molecule has 1 aromatic carbocycles. The smallest absolute Gasteiger partial charge is 0.133 e. The normalized spacial score (nSPS) is 10.9. The minimum absolute atomic E-state index is 0.474. The average Bonchev–Trinajstić information content (AvgIpc) is 2.78. The van der Waals surface area contributed by atoms with E-state index in [1.165, 1.54) is 0 Å². The van der Waals surface area contributed by atoms with Crippen molar-refractivity contribution in [1.29, 1.82) is 0 Å². The van der Waals surface area contributed by atoms with E-state index in [4.69, 9.17) is 4.74 Å². The molecule has 0 N–H and O–H groups in total. The molecule has 90 valence electrons. The Bertz CT molecular complexity index is 522. The summed E-state index contributed by atoms with van der Waals surface area (Å²) < 4.78 is 6.17. The van der Waals surface area contributed by atoms with Gasteiger partial charge in [0, 0.05) is 10.9 Å². The highest BCUT2D eigenvalue weighted by Gasteiger charge is 2.09. The number of halogens is 1. The van der Waals surface area contributed by atoms with Crippen molar-refractivity contribution in [2.75, 3.05) is 7.11 Å². The Morgan fingerprint density at radius 2 is 2.12 bits per heavy atom. The van der Waals surface area contributed by atoms with Crippen molar-refractivity contribution >= 4 is 27.3 Å². The molecule has 2 aromatic rings. The van der Waals surface area contributed by atoms with Crippen LogP contribution in [-0.2, 0) is 0 Å². The van der Waals surface area contributed by atoms with Gasteiger partial charge in [-0.25, -0.2) is 4.98 Å². The number of rotatable bonds is 3. The van der Waals surface area contributed by atoms with Crippen molar-refractivity contribution in [2.24, 2.45) is 0 Å². The second kappa shape index (κ2) is 5.19. The highest BCUT2D eigenvalue weighted by atomic mass is 79.9. The quantitative estimate of drug-likeness (QED) is 0.819. The number of ether oxygens (including phenoxy) is 1. The molecule has 0 saturated carbocycles. The van der Waals surface area contributed by atoms with Crippen molar-refractivity contribution in [2.45, 2.75) is 19.8 Å². The number of aromatic nitrogens is 1. The number of methoxy groups -OCH3 is 1. The lowest BCUT2D eigenvalue weighted by Gasteiger charge is -2.04. The first kappa shape index (κ1) is 12.6. The van der Waals surface area contributed by atoms with Gasteiger partial charge in [-0.15, -0.1) is 11.3 Å². The van der Waals surface area contributed by atoms with Crippen LogP contribution in [0.3, 0.4) is 0 Å². The van der Waals surface area contributed by atoms with Crippen LogP contribution < -0.4 is 4.74 Å². The standard InChI is InChI=1S/C13H14BrNOS/c1-8(2)11-7-17-13(15-11)9-4-5-12(16-3)10(14)6-9/h4-8H,1-3H3. The summed E-state index contributed by atoms with van der Waals surface area (Å²) in [5, 5.41) is 3.18. The van der Waals surface area contributed by atoms with Crippen molar-refractivity contribution in [3.05, 3.63) is 33.7 Å². The van der Waals surface area contributed by atoms with Gasteiger partial charge in [0.05, 0.1) is 17.3 Å². The maximum absolute atomic E-state index is 5.22. The molecule has 0 saturated heterocycles. The predicted octanol–water partition coefficient (Wildman–Crippen LogP) is 4.70. The second-order valence-electron chi connectivity index (χ2n) is 4.08. The van der Waals surface area contributed by atoms with Crippen LogP contribution in [0, 0.1) is 0 Å². The molecule has 1 aromatic heterocycles. The number of thiazole rings is 1. The molecule has 0 spiro atoms. The fraction of sp³-hybridized carbons (Fsp3) is 0.308. The summed E-state index contributed by atoms with van der Waals surface area (Å²) in [7, 11) is 1.67. The first-order chi connectivity index (χ1) is 8.11. The third kappa shape index (κ3) is 2.69. The van der Waals surface area contributed by atoms with Gasteiger partial charge in [-0.2, -0.15) is 0 Å². The van der Waals surface area contributed by atoms with Gasteiger partial charge in [0.25, 0.3) is 0 Å². The largest absolute Gasteiger partial charge is 0.496 e. The van der Waals surface area contributed by atoms with Crippen LogP contribution in [0.1, 0.15) is 25.5 Å². The minimum Gasteiger partial charge on any atom is -0.496 e. The van der Waals surface area contributed by atoms with E-state index < -0.39 is 0 Å². The van der Waals surface area contributed by atoms with Crippen molar-refractivity contribution in [3.8, 4) is 16.3 Å². The molecule has 17 heavy (non-hydrogen) atoms. The molecule has 0 amide bonds. The summed E-state index contributed by atoms with van der Waals surface area (Å²) in [4.78, 5) is 4.63. The SMILES string of the molecule is COc1ccc(-c2nc(C(C)C)cs2)cc1Br. The lowest BCUT2D eigenvalue weighted by Crippen LogP contribution is -1.88. The molecule has 0 unspecified atom stereocenters. The summed E-state index contributed by atoms with van der Waals surface area (Å²) in [5.41, 5.74) is 2.27. The molecule has 0 atom stereocenters. The molecular formula is C13H14BrNOS. The van der Waals surface area contributed by atoms with E-state index >= 15 is 0 Å². The maximum Gasteiger partial charge on any atom is 0.133 e. The number of hydrogen-bond donors (Lipinski definition) is 0. The fourth-order valence-electron chi connectivity index (χ4n) is 1.48. The van der Waals surface area contributed by atoms with Gasteiger partial charge in [0.15, 0.2) is 0 Å². The van der Waals surface area contributed by atoms with Crippen LogP contribution >= 0.6 is 27.3 Å².